The van der Waals surface area contributed by atoms with Crippen molar-refractivity contribution < 1.29 is 32.3 Å². The molecule has 2 fully saturated rings. The van der Waals surface area contributed by atoms with E-state index < -0.39 is 20.6 Å². The molecule has 2 aliphatic heterocycles. The highest BCUT2D eigenvalue weighted by Gasteiger charge is 2.33. The maximum Gasteiger partial charge on any atom is 0.274 e. The molecule has 14 heteroatoms. The molecule has 0 N–H and O–H groups in total. The number of carbonyl (C=O) groups excluding carboxylic acids is 1. The van der Waals surface area contributed by atoms with E-state index in [9.17, 15) is 23.3 Å². The van der Waals surface area contributed by atoms with Gasteiger partial charge in [-0.2, -0.15) is 14.1 Å². The molecule has 0 spiro atoms. The van der Waals surface area contributed by atoms with Crippen molar-refractivity contribution in [1.29, 1.82) is 0 Å². The first-order chi connectivity index (χ1) is 19.2. The summed E-state index contributed by atoms with van der Waals surface area (Å²) in [5.41, 5.74) is 1.74. The lowest BCUT2D eigenvalue weighted by molar-refractivity contribution is -0.385. The largest absolute Gasteiger partial charge is 0.437 e. The summed E-state index contributed by atoms with van der Waals surface area (Å²) in [4.78, 5) is 25.6. The van der Waals surface area contributed by atoms with Crippen LogP contribution in [0, 0.1) is 24.0 Å². The Bertz CT molecular complexity index is 1530. The molecule has 3 aromatic rings. The first-order valence-electron chi connectivity index (χ1n) is 12.7. The normalized spacial score (nSPS) is 16.6. The Hall–Kier alpha value is -3.85. The van der Waals surface area contributed by atoms with Crippen LogP contribution in [-0.4, -0.2) is 90.8 Å². The minimum Gasteiger partial charge on any atom is -0.437 e. The number of rotatable bonds is 7. The third kappa shape index (κ3) is 5.43. The number of ether oxygens (including phenoxy) is 3. The van der Waals surface area contributed by atoms with E-state index in [-0.39, 0.29) is 54.4 Å². The minimum absolute atomic E-state index is 0.100. The molecule has 212 valence electrons. The number of hydrogen-bond donors (Lipinski definition) is 0. The molecule has 2 aliphatic rings. The van der Waals surface area contributed by atoms with Crippen molar-refractivity contribution in [1.82, 2.24) is 19.0 Å². The monoisotopic (exact) mass is 571 g/mol. The lowest BCUT2D eigenvalue weighted by atomic mass is 10.2. The molecule has 1 amide bonds. The van der Waals surface area contributed by atoms with Gasteiger partial charge in [-0.05, 0) is 32.0 Å². The van der Waals surface area contributed by atoms with Crippen LogP contribution in [0.25, 0.3) is 5.69 Å². The number of aromatic nitrogens is 2. The van der Waals surface area contributed by atoms with Crippen molar-refractivity contribution in [2.24, 2.45) is 0 Å². The Kier molecular flexibility index (Phi) is 7.85. The number of nitro groups is 1. The number of nitro benzene ring substituents is 1. The van der Waals surface area contributed by atoms with E-state index in [4.69, 9.17) is 14.2 Å². The Morgan fingerprint density at radius 2 is 1.60 bits per heavy atom. The number of non-ortho nitro benzene ring substituents is 1. The zero-order valence-corrected chi connectivity index (χ0v) is 22.9. The van der Waals surface area contributed by atoms with Gasteiger partial charge in [-0.25, -0.2) is 8.42 Å². The first kappa shape index (κ1) is 27.7. The minimum atomic E-state index is -4.19. The summed E-state index contributed by atoms with van der Waals surface area (Å²) in [5.74, 6) is -0.312. The van der Waals surface area contributed by atoms with Crippen LogP contribution in [0.3, 0.4) is 0 Å². The molecule has 40 heavy (non-hydrogen) atoms. The summed E-state index contributed by atoms with van der Waals surface area (Å²) in [5, 5.41) is 16.1. The van der Waals surface area contributed by atoms with Gasteiger partial charge in [-0.1, -0.05) is 17.7 Å². The van der Waals surface area contributed by atoms with Crippen molar-refractivity contribution in [2.45, 2.75) is 18.7 Å². The van der Waals surface area contributed by atoms with Crippen LogP contribution in [0.5, 0.6) is 11.6 Å². The molecule has 0 bridgehead atoms. The molecule has 0 unspecified atom stereocenters. The van der Waals surface area contributed by atoms with Crippen LogP contribution in [0.4, 0.5) is 5.69 Å². The molecule has 0 aliphatic carbocycles. The summed E-state index contributed by atoms with van der Waals surface area (Å²) in [6.45, 7) is 5.87. The number of amides is 1. The summed E-state index contributed by atoms with van der Waals surface area (Å²) in [6.07, 6.45) is 0. The molecule has 0 atom stereocenters. The number of sulfonamides is 1. The van der Waals surface area contributed by atoms with Gasteiger partial charge in [0, 0.05) is 43.9 Å². The number of morpholine rings is 2. The lowest BCUT2D eigenvalue weighted by Crippen LogP contribution is -2.41. The van der Waals surface area contributed by atoms with Crippen molar-refractivity contribution in [2.75, 3.05) is 52.6 Å². The van der Waals surface area contributed by atoms with E-state index in [0.717, 1.165) is 11.6 Å². The van der Waals surface area contributed by atoms with Crippen molar-refractivity contribution in [3.63, 3.8) is 0 Å². The molecule has 1 aromatic heterocycles. The van der Waals surface area contributed by atoms with Gasteiger partial charge in [0.2, 0.25) is 15.9 Å². The third-order valence-corrected chi connectivity index (χ3v) is 8.70. The Labute approximate surface area is 231 Å². The fraction of sp³-hybridized carbons (Fsp3) is 0.385. The van der Waals surface area contributed by atoms with E-state index in [2.05, 4.69) is 5.10 Å². The summed E-state index contributed by atoms with van der Waals surface area (Å²) >= 11 is 0. The van der Waals surface area contributed by atoms with Gasteiger partial charge in [0.05, 0.1) is 37.0 Å². The van der Waals surface area contributed by atoms with Crippen LogP contribution in [0.15, 0.2) is 47.4 Å². The highest BCUT2D eigenvalue weighted by molar-refractivity contribution is 7.89. The van der Waals surface area contributed by atoms with E-state index in [1.54, 1.807) is 24.0 Å². The maximum atomic E-state index is 13.6. The third-order valence-electron chi connectivity index (χ3n) is 6.78. The quantitative estimate of drug-likeness (QED) is 0.308. The fourth-order valence-corrected chi connectivity index (χ4v) is 6.05. The lowest BCUT2D eigenvalue weighted by Gasteiger charge is -2.26. The molecular weight excluding hydrogens is 542 g/mol. The Morgan fingerprint density at radius 3 is 2.23 bits per heavy atom. The average Bonchev–Trinajstić information content (AvgIpc) is 3.29. The van der Waals surface area contributed by atoms with Gasteiger partial charge in [-0.15, -0.1) is 0 Å². The van der Waals surface area contributed by atoms with E-state index in [0.29, 0.717) is 37.6 Å². The molecule has 2 saturated heterocycles. The number of hydrogen-bond acceptors (Lipinski definition) is 9. The Morgan fingerprint density at radius 1 is 0.975 bits per heavy atom. The molecule has 0 radical (unpaired) electrons. The van der Waals surface area contributed by atoms with E-state index >= 15 is 0 Å². The number of carbonyl (C=O) groups is 1. The van der Waals surface area contributed by atoms with Crippen LogP contribution < -0.4 is 4.74 Å². The first-order valence-corrected chi connectivity index (χ1v) is 14.2. The SMILES string of the molecule is Cc1ccc(-n2nc(C(=O)N3CCOCC3)c(C)c2Oc2ccc([N+](=O)[O-])cc2S(=O)(=O)N2CCOCC2)cc1. The van der Waals surface area contributed by atoms with Gasteiger partial charge < -0.3 is 19.1 Å². The second kappa shape index (κ2) is 11.3. The summed E-state index contributed by atoms with van der Waals surface area (Å²) in [6, 6.07) is 10.8. The molecular formula is C26H29N5O8S. The van der Waals surface area contributed by atoms with Crippen LogP contribution in [-0.2, 0) is 19.5 Å². The maximum absolute atomic E-state index is 13.6. The van der Waals surface area contributed by atoms with Gasteiger partial charge in [0.1, 0.15) is 10.6 Å². The predicted molar refractivity (Wildman–Crippen MR) is 143 cm³/mol. The fourth-order valence-electron chi connectivity index (χ4n) is 4.51. The van der Waals surface area contributed by atoms with Crippen LogP contribution >= 0.6 is 0 Å². The van der Waals surface area contributed by atoms with Crippen LogP contribution in [0.2, 0.25) is 0 Å². The zero-order chi connectivity index (χ0) is 28.4. The standard InChI is InChI=1S/C26H29N5O8S/c1-18-3-5-20(6-4-18)30-26(19(2)24(27-30)25(32)28-9-13-37-14-10-28)39-22-8-7-21(31(33)34)17-23(22)40(35,36)29-11-15-38-16-12-29/h3-8,17H,9-16H2,1-2H3. The Balaban J connectivity index is 1.62. The average molecular weight is 572 g/mol. The number of nitrogens with zero attached hydrogens (tertiary/aromatic N) is 5. The van der Waals surface area contributed by atoms with Gasteiger partial charge in [-0.3, -0.25) is 14.9 Å². The topological polar surface area (TPSA) is 146 Å². The van der Waals surface area contributed by atoms with Gasteiger partial charge >= 0.3 is 0 Å². The highest BCUT2D eigenvalue weighted by atomic mass is 32.2. The molecule has 13 nitrogen and oxygen atoms in total. The second-order valence-corrected chi connectivity index (χ2v) is 11.3. The summed E-state index contributed by atoms with van der Waals surface area (Å²) < 4.78 is 46.8. The molecule has 3 heterocycles. The second-order valence-electron chi connectivity index (χ2n) is 9.44. The zero-order valence-electron chi connectivity index (χ0n) is 22.1. The van der Waals surface area contributed by atoms with Gasteiger partial charge in [0.15, 0.2) is 5.69 Å². The van der Waals surface area contributed by atoms with Crippen LogP contribution in [0.1, 0.15) is 21.6 Å². The number of aryl methyl sites for hydroxylation is 1. The molecule has 2 aromatic carbocycles. The van der Waals surface area contributed by atoms with E-state index in [1.807, 2.05) is 19.1 Å². The van der Waals surface area contributed by atoms with Crippen molar-refractivity contribution >= 4 is 21.6 Å². The van der Waals surface area contributed by atoms with Crippen molar-refractivity contribution in [3.05, 3.63) is 69.4 Å². The van der Waals surface area contributed by atoms with Crippen molar-refractivity contribution in [3.8, 4) is 17.3 Å². The number of benzene rings is 2. The smallest absolute Gasteiger partial charge is 0.274 e. The van der Waals surface area contributed by atoms with E-state index in [1.165, 1.54) is 21.1 Å². The summed E-state index contributed by atoms with van der Waals surface area (Å²) in [7, 11) is -4.19. The highest BCUT2D eigenvalue weighted by Crippen LogP contribution is 2.37. The molecule has 5 rings (SSSR count). The van der Waals surface area contributed by atoms with Gasteiger partial charge in [0.25, 0.3) is 11.6 Å². The predicted octanol–water partition coefficient (Wildman–Crippen LogP) is 2.68. The molecule has 0 saturated carbocycles.